The average Bonchev–Trinajstić information content (AvgIpc) is 3.85. The summed E-state index contributed by atoms with van der Waals surface area (Å²) in [7, 11) is 0. The second kappa shape index (κ2) is 34.7. The Labute approximate surface area is 487 Å². The molecule has 0 radical (unpaired) electrons. The number of likely N-dealkylation sites (tertiary alicyclic amines) is 1. The summed E-state index contributed by atoms with van der Waals surface area (Å²) in [6, 6.07) is 3.26. The van der Waals surface area contributed by atoms with Crippen molar-refractivity contribution < 1.29 is 68.4 Å². The van der Waals surface area contributed by atoms with Gasteiger partial charge in [-0.2, -0.15) is 0 Å². The number of guanidine groups is 1. The number of aromatic hydroxyl groups is 1. The van der Waals surface area contributed by atoms with Crippen LogP contribution in [0.5, 0.6) is 5.75 Å². The number of nitrogens with one attached hydrogen (secondary N) is 7. The molecule has 1 aromatic heterocycles. The molecule has 0 saturated carbocycles. The van der Waals surface area contributed by atoms with Crippen LogP contribution in [0.25, 0.3) is 0 Å². The molecule has 7 amide bonds. The van der Waals surface area contributed by atoms with Crippen molar-refractivity contribution in [2.45, 2.75) is 160 Å². The molecular formula is C56H84N14O14. The van der Waals surface area contributed by atoms with Crippen LogP contribution < -0.4 is 54.8 Å². The van der Waals surface area contributed by atoms with Gasteiger partial charge < -0.3 is 85.1 Å². The van der Waals surface area contributed by atoms with E-state index in [0.717, 1.165) is 6.42 Å². The third-order valence-electron chi connectivity index (χ3n) is 14.2. The summed E-state index contributed by atoms with van der Waals surface area (Å²) < 4.78 is 0. The van der Waals surface area contributed by atoms with E-state index in [2.05, 4.69) is 46.9 Å². The van der Waals surface area contributed by atoms with E-state index in [0.29, 0.717) is 29.7 Å². The molecule has 2 unspecified atom stereocenters. The molecule has 2 heterocycles. The maximum Gasteiger partial charge on any atom is 0.326 e. The van der Waals surface area contributed by atoms with E-state index in [4.69, 9.17) is 28.0 Å². The number of amides is 7. The smallest absolute Gasteiger partial charge is 0.326 e. The number of carboxylic acid groups (broad SMARTS) is 3. The zero-order valence-electron chi connectivity index (χ0n) is 48.3. The van der Waals surface area contributed by atoms with Crippen LogP contribution in [0.3, 0.4) is 0 Å². The Morgan fingerprint density at radius 1 is 0.679 bits per heavy atom. The van der Waals surface area contributed by atoms with Gasteiger partial charge in [0.05, 0.1) is 18.8 Å². The number of aromatic nitrogens is 2. The number of phenols is 1. The van der Waals surface area contributed by atoms with E-state index < -0.39 is 132 Å². The van der Waals surface area contributed by atoms with Gasteiger partial charge in [0.1, 0.15) is 54.1 Å². The Balaban J connectivity index is 0.00000189. The summed E-state index contributed by atoms with van der Waals surface area (Å²) >= 11 is 0. The third kappa shape index (κ3) is 22.9. The number of hydrogen-bond donors (Lipinski definition) is 15. The number of nitrogens with two attached hydrogens (primary N) is 4. The van der Waals surface area contributed by atoms with Crippen LogP contribution in [-0.2, 0) is 67.2 Å². The van der Waals surface area contributed by atoms with Gasteiger partial charge >= 0.3 is 17.9 Å². The fourth-order valence-electron chi connectivity index (χ4n) is 8.81. The fraction of sp³-hybridized carbons (Fsp3) is 0.536. The monoisotopic (exact) mass is 1180 g/mol. The largest absolute Gasteiger partial charge is 0.508 e. The number of phenolic OH excluding ortho intramolecular Hbond substituents is 1. The van der Waals surface area contributed by atoms with Crippen LogP contribution in [0.1, 0.15) is 103 Å². The van der Waals surface area contributed by atoms with Crippen LogP contribution >= 0.6 is 0 Å². The van der Waals surface area contributed by atoms with Crippen molar-refractivity contribution >= 4 is 65.2 Å². The number of H-pyrrole nitrogens is 1. The van der Waals surface area contributed by atoms with Crippen molar-refractivity contribution in [3.05, 3.63) is 83.9 Å². The summed E-state index contributed by atoms with van der Waals surface area (Å²) in [6.07, 6.45) is 3.73. The highest BCUT2D eigenvalue weighted by atomic mass is 16.4. The first-order valence-electron chi connectivity index (χ1n) is 27.8. The fourth-order valence-corrected chi connectivity index (χ4v) is 8.81. The number of aliphatic carboxylic acids is 3. The van der Waals surface area contributed by atoms with E-state index in [9.17, 15) is 63.3 Å². The van der Waals surface area contributed by atoms with E-state index in [-0.39, 0.29) is 69.2 Å². The minimum absolute atomic E-state index is 0.00211. The minimum atomic E-state index is -1.51. The molecule has 3 aromatic rings. The van der Waals surface area contributed by atoms with Crippen molar-refractivity contribution in [3.8, 4) is 5.75 Å². The van der Waals surface area contributed by atoms with Crippen molar-refractivity contribution in [2.24, 2.45) is 45.7 Å². The second-order valence-corrected chi connectivity index (χ2v) is 21.1. The third-order valence-corrected chi connectivity index (χ3v) is 14.2. The van der Waals surface area contributed by atoms with E-state index >= 15 is 0 Å². The molecule has 462 valence electrons. The molecule has 0 aliphatic carbocycles. The molecule has 1 aliphatic heterocycles. The maximum atomic E-state index is 14.6. The Kier molecular flexibility index (Phi) is 28.8. The van der Waals surface area contributed by atoms with Crippen LogP contribution in [0.2, 0.25) is 0 Å². The summed E-state index contributed by atoms with van der Waals surface area (Å²) in [6.45, 7) is 10.7. The molecule has 11 atom stereocenters. The van der Waals surface area contributed by atoms with Crippen LogP contribution in [-0.4, -0.2) is 168 Å². The summed E-state index contributed by atoms with van der Waals surface area (Å²) in [5, 5.41) is 53.5. The van der Waals surface area contributed by atoms with Gasteiger partial charge in [-0.15, -0.1) is 0 Å². The van der Waals surface area contributed by atoms with Crippen molar-refractivity contribution in [2.75, 3.05) is 13.1 Å². The SMILES string of the molecule is CCC(C)C(N)C(=O)O.CC[C@H](C)[C@H](NC(=O)[C@H](Cc1ccc(O)cc1)NC(=O)[C@@H](NC(=O)[C@H](CCCN=C(N)N)NC(=O)[C@@H](N)CC(=O)O)C(C)C)C(=O)N[C@@H](Cc1cnc[nH]1)C(=O)N1CCC[C@H]1C(=O)N[C@@H](Cc1ccccc1)C(=O)O. The van der Waals surface area contributed by atoms with Gasteiger partial charge in [0, 0.05) is 44.2 Å². The number of carbonyl (C=O) groups is 10. The molecule has 28 heteroatoms. The number of rotatable bonds is 32. The molecular weight excluding hydrogens is 1090 g/mol. The van der Waals surface area contributed by atoms with Crippen molar-refractivity contribution in [3.63, 3.8) is 0 Å². The topological polar surface area (TPSA) is 472 Å². The van der Waals surface area contributed by atoms with Gasteiger partial charge in [-0.05, 0) is 66.7 Å². The highest BCUT2D eigenvalue weighted by molar-refractivity contribution is 5.98. The minimum Gasteiger partial charge on any atom is -0.508 e. The normalized spacial score (nSPS) is 16.4. The summed E-state index contributed by atoms with van der Waals surface area (Å²) in [5.41, 5.74) is 23.5. The highest BCUT2D eigenvalue weighted by Crippen LogP contribution is 2.21. The molecule has 2 aromatic carbocycles. The number of carboxylic acids is 3. The molecule has 1 aliphatic rings. The number of hydrogen-bond acceptors (Lipinski definition) is 15. The molecule has 0 spiro atoms. The Bertz CT molecular complexity index is 2690. The molecule has 1 fully saturated rings. The molecule has 0 bridgehead atoms. The van der Waals surface area contributed by atoms with Crippen molar-refractivity contribution in [1.82, 2.24) is 46.8 Å². The number of benzene rings is 2. The lowest BCUT2D eigenvalue weighted by Crippen LogP contribution is -2.62. The van der Waals surface area contributed by atoms with Crippen LogP contribution in [0, 0.1) is 17.8 Å². The van der Waals surface area contributed by atoms with Gasteiger partial charge in [-0.1, -0.05) is 96.8 Å². The second-order valence-electron chi connectivity index (χ2n) is 21.1. The predicted octanol–water partition coefficient (Wildman–Crippen LogP) is -0.870. The number of carbonyl (C=O) groups excluding carboxylic acids is 7. The summed E-state index contributed by atoms with van der Waals surface area (Å²) in [4.78, 5) is 144. The number of imidazole rings is 1. The average molecular weight is 1180 g/mol. The van der Waals surface area contributed by atoms with Gasteiger partial charge in [-0.3, -0.25) is 48.1 Å². The first kappa shape index (κ1) is 69.6. The molecule has 1 saturated heterocycles. The quantitative estimate of drug-likeness (QED) is 0.0205. The number of aromatic amines is 1. The van der Waals surface area contributed by atoms with Gasteiger partial charge in [-0.25, -0.2) is 9.78 Å². The zero-order valence-corrected chi connectivity index (χ0v) is 48.3. The molecule has 19 N–H and O–H groups in total. The van der Waals surface area contributed by atoms with Crippen molar-refractivity contribution in [1.29, 1.82) is 0 Å². The molecule has 4 rings (SSSR count). The first-order valence-corrected chi connectivity index (χ1v) is 27.8. The first-order chi connectivity index (χ1) is 39.7. The van der Waals surface area contributed by atoms with E-state index in [1.54, 1.807) is 58.0 Å². The van der Waals surface area contributed by atoms with Gasteiger partial charge in [0.15, 0.2) is 5.96 Å². The lowest BCUT2D eigenvalue weighted by Gasteiger charge is -2.32. The Morgan fingerprint density at radius 3 is 1.80 bits per heavy atom. The zero-order chi connectivity index (χ0) is 62.8. The van der Waals surface area contributed by atoms with E-state index in [1.807, 2.05) is 13.8 Å². The maximum absolute atomic E-state index is 14.6. The predicted molar refractivity (Wildman–Crippen MR) is 308 cm³/mol. The van der Waals surface area contributed by atoms with E-state index in [1.165, 1.54) is 41.7 Å². The molecule has 84 heavy (non-hydrogen) atoms. The Hall–Kier alpha value is -8.66. The highest BCUT2D eigenvalue weighted by Gasteiger charge is 2.41. The van der Waals surface area contributed by atoms with Crippen LogP contribution in [0.15, 0.2) is 72.1 Å². The van der Waals surface area contributed by atoms with Gasteiger partial charge in [0.2, 0.25) is 41.4 Å². The Morgan fingerprint density at radius 2 is 1.25 bits per heavy atom. The van der Waals surface area contributed by atoms with Crippen LogP contribution in [0.4, 0.5) is 0 Å². The van der Waals surface area contributed by atoms with Gasteiger partial charge in [0.25, 0.3) is 0 Å². The lowest BCUT2D eigenvalue weighted by atomic mass is 9.96. The number of nitrogens with zero attached hydrogens (tertiary/aromatic N) is 3. The molecule has 28 nitrogen and oxygen atoms in total. The standard InChI is InChI=1S/C50H71N13O12.C6H13NO2/c1-5-28(4)41(47(72)59-36(23-31-25-54-26-56-31)48(73)63-20-10-14-38(63)45(70)60-37(49(74)75)22-29-11-7-6-8-12-29)62-44(69)35(21-30-15-17-32(64)18-16-30)58-46(71)40(27(2)3)61-43(68)34(13-9-19-55-50(52)53)57-42(67)33(51)24-39(65)66;1-3-4(2)5(7)6(8)9/h6-8,11-12,15-18,25-28,33-38,40-41,64H,5,9-10,13-14,19-24,51H2,1-4H3,(H,54,56)(H,57,67)(H,58,71)(H,59,72)(H,60,70)(H,61,68)(H,62,69)(H,65,66)(H,74,75)(H4,52,53,55);4-5H,3,7H2,1-2H3,(H,8,9)/t28-,33-,34-,35-,36-,37-,38-,40-,41-;/m0./s1. The summed E-state index contributed by atoms with van der Waals surface area (Å²) in [5.74, 6) is -10.5. The lowest BCUT2D eigenvalue weighted by molar-refractivity contribution is -0.145. The number of aliphatic imine (C=N–C) groups is 1.